The molecular weight excluding hydrogens is 280 g/mol. The van der Waals surface area contributed by atoms with Crippen molar-refractivity contribution in [3.05, 3.63) is 35.0 Å². The Morgan fingerprint density at radius 1 is 1.41 bits per heavy atom. The molecule has 3 atom stereocenters. The zero-order valence-electron chi connectivity index (χ0n) is 13.0. The number of hydrogen-bond donors (Lipinski definition) is 1. The highest BCUT2D eigenvalue weighted by Gasteiger charge is 2.26. The van der Waals surface area contributed by atoms with Crippen LogP contribution in [0.5, 0.6) is 0 Å². The van der Waals surface area contributed by atoms with Crippen LogP contribution in [0.1, 0.15) is 45.6 Å². The van der Waals surface area contributed by atoms with Crippen LogP contribution in [-0.2, 0) is 4.79 Å². The van der Waals surface area contributed by atoms with Gasteiger partial charge in [-0.2, -0.15) is 5.10 Å². The number of carbonyl (C=O) groups is 1. The van der Waals surface area contributed by atoms with Crippen molar-refractivity contribution in [2.45, 2.75) is 51.6 Å². The lowest BCUT2D eigenvalue weighted by molar-refractivity contribution is -0.125. The summed E-state index contributed by atoms with van der Waals surface area (Å²) in [5, 5.41) is 7.21. The van der Waals surface area contributed by atoms with Gasteiger partial charge in [0.1, 0.15) is 17.9 Å². The fraction of sp³-hybridized carbons (Fsp3) is 0.562. The number of hydrogen-bond acceptors (Lipinski definition) is 3. The predicted octanol–water partition coefficient (Wildman–Crippen LogP) is 1.75. The Morgan fingerprint density at radius 2 is 2.18 bits per heavy atom. The number of nitrogens with one attached hydrogen (secondary N) is 1. The van der Waals surface area contributed by atoms with E-state index in [1.807, 2.05) is 0 Å². The molecule has 22 heavy (non-hydrogen) atoms. The first-order chi connectivity index (χ1) is 10.6. The molecule has 0 unspecified atom stereocenters. The minimum Gasteiger partial charge on any atom is -0.351 e. The van der Waals surface area contributed by atoms with E-state index in [1.54, 1.807) is 36.0 Å². The van der Waals surface area contributed by atoms with Crippen molar-refractivity contribution < 1.29 is 4.79 Å². The van der Waals surface area contributed by atoms with Crippen LogP contribution in [0.15, 0.2) is 29.5 Å². The van der Waals surface area contributed by atoms with Crippen LogP contribution in [0.4, 0.5) is 0 Å². The maximum atomic E-state index is 12.5. The van der Waals surface area contributed by atoms with Gasteiger partial charge in [0, 0.05) is 12.2 Å². The van der Waals surface area contributed by atoms with E-state index in [0.717, 1.165) is 19.3 Å². The maximum Gasteiger partial charge on any atom is 0.291 e. The summed E-state index contributed by atoms with van der Waals surface area (Å²) in [7, 11) is 0. The quantitative estimate of drug-likeness (QED) is 0.939. The summed E-state index contributed by atoms with van der Waals surface area (Å²) in [6, 6.07) is 3.11. The summed E-state index contributed by atoms with van der Waals surface area (Å²) >= 11 is 0. The molecule has 1 fully saturated rings. The lowest BCUT2D eigenvalue weighted by atomic mass is 9.86. The normalized spacial score (nSPS) is 23.4. The Morgan fingerprint density at radius 3 is 2.95 bits per heavy atom. The van der Waals surface area contributed by atoms with Crippen molar-refractivity contribution in [3.8, 4) is 0 Å². The molecule has 1 saturated carbocycles. The van der Waals surface area contributed by atoms with E-state index in [9.17, 15) is 9.59 Å². The average Bonchev–Trinajstić information content (AvgIpc) is 2.99. The summed E-state index contributed by atoms with van der Waals surface area (Å²) in [5.41, 5.74) is 0.285. The van der Waals surface area contributed by atoms with Crippen LogP contribution in [0, 0.1) is 5.92 Å². The van der Waals surface area contributed by atoms with Crippen molar-refractivity contribution in [2.75, 3.05) is 0 Å². The number of rotatable bonds is 3. The van der Waals surface area contributed by atoms with E-state index < -0.39 is 6.04 Å². The third kappa shape index (κ3) is 2.65. The fourth-order valence-corrected chi connectivity index (χ4v) is 3.18. The number of nitrogens with zero attached hydrogens (tertiary/aromatic N) is 3. The monoisotopic (exact) mass is 302 g/mol. The first kappa shape index (κ1) is 14.8. The lowest BCUT2D eigenvalue weighted by Crippen LogP contribution is -2.45. The maximum absolute atomic E-state index is 12.5. The summed E-state index contributed by atoms with van der Waals surface area (Å²) in [6.07, 6.45) is 7.87. The van der Waals surface area contributed by atoms with Gasteiger partial charge in [-0.25, -0.2) is 4.68 Å². The Hall–Kier alpha value is -2.11. The number of amides is 1. The van der Waals surface area contributed by atoms with E-state index in [4.69, 9.17) is 0 Å². The molecule has 2 heterocycles. The lowest BCUT2D eigenvalue weighted by Gasteiger charge is -2.30. The van der Waals surface area contributed by atoms with Crippen LogP contribution in [0.3, 0.4) is 0 Å². The fourth-order valence-electron chi connectivity index (χ4n) is 3.18. The summed E-state index contributed by atoms with van der Waals surface area (Å²) in [4.78, 5) is 24.9. The van der Waals surface area contributed by atoms with Crippen LogP contribution in [-0.4, -0.2) is 26.1 Å². The summed E-state index contributed by atoms with van der Waals surface area (Å²) < 4.78 is 2.92. The Balaban J connectivity index is 1.79. The minimum atomic E-state index is -0.610. The second-order valence-corrected chi connectivity index (χ2v) is 6.23. The van der Waals surface area contributed by atoms with E-state index in [1.165, 1.54) is 11.1 Å². The van der Waals surface area contributed by atoms with E-state index in [-0.39, 0.29) is 17.5 Å². The number of aromatic nitrogens is 3. The van der Waals surface area contributed by atoms with Crippen LogP contribution >= 0.6 is 0 Å². The van der Waals surface area contributed by atoms with E-state index >= 15 is 0 Å². The molecule has 0 spiro atoms. The molecule has 0 aliphatic heterocycles. The number of fused-ring (bicyclic) bond motifs is 1. The van der Waals surface area contributed by atoms with Gasteiger partial charge in [0.05, 0.1) is 0 Å². The van der Waals surface area contributed by atoms with Gasteiger partial charge in [0.2, 0.25) is 5.91 Å². The zero-order chi connectivity index (χ0) is 15.7. The Bertz CT molecular complexity index is 733. The predicted molar refractivity (Wildman–Crippen MR) is 83.7 cm³/mol. The second kappa shape index (κ2) is 5.94. The van der Waals surface area contributed by atoms with Gasteiger partial charge in [-0.1, -0.05) is 19.8 Å². The minimum absolute atomic E-state index is 0.135. The van der Waals surface area contributed by atoms with E-state index in [2.05, 4.69) is 17.3 Å². The average molecular weight is 302 g/mol. The molecule has 0 bridgehead atoms. The molecule has 2 aromatic rings. The van der Waals surface area contributed by atoms with Gasteiger partial charge in [-0.05, 0) is 37.8 Å². The molecular formula is C16H22N4O2. The molecule has 0 aromatic carbocycles. The van der Waals surface area contributed by atoms with Gasteiger partial charge in [0.15, 0.2) is 0 Å². The second-order valence-electron chi connectivity index (χ2n) is 6.23. The van der Waals surface area contributed by atoms with Crippen molar-refractivity contribution in [1.29, 1.82) is 0 Å². The van der Waals surface area contributed by atoms with Gasteiger partial charge < -0.3 is 9.72 Å². The molecule has 3 rings (SSSR count). The molecule has 6 heteroatoms. The molecule has 2 aromatic heterocycles. The highest BCUT2D eigenvalue weighted by Crippen LogP contribution is 2.24. The molecule has 0 radical (unpaired) electrons. The van der Waals surface area contributed by atoms with Gasteiger partial charge in [0.25, 0.3) is 5.56 Å². The topological polar surface area (TPSA) is 68.4 Å². The van der Waals surface area contributed by atoms with Crippen molar-refractivity contribution >= 4 is 11.4 Å². The smallest absolute Gasteiger partial charge is 0.291 e. The SMILES string of the molecule is C[C@@H]1CCCC[C@H]1NC(=O)[C@@H](C)n1ncn2cccc2c1=O. The van der Waals surface area contributed by atoms with Crippen LogP contribution < -0.4 is 10.9 Å². The van der Waals surface area contributed by atoms with Crippen molar-refractivity contribution in [2.24, 2.45) is 5.92 Å². The van der Waals surface area contributed by atoms with Crippen molar-refractivity contribution in [1.82, 2.24) is 19.5 Å². The standard InChI is InChI=1S/C16H22N4O2/c1-11-6-3-4-7-13(11)18-15(21)12(2)20-16(22)14-8-5-9-19(14)10-17-20/h5,8-13H,3-4,6-7H2,1-2H3,(H,18,21)/t11-,12-,13-/m1/s1. The van der Waals surface area contributed by atoms with E-state index in [0.29, 0.717) is 11.4 Å². The molecule has 118 valence electrons. The van der Waals surface area contributed by atoms with Crippen molar-refractivity contribution in [3.63, 3.8) is 0 Å². The highest BCUT2D eigenvalue weighted by molar-refractivity contribution is 5.80. The van der Waals surface area contributed by atoms with Crippen LogP contribution in [0.25, 0.3) is 5.52 Å². The Labute approximate surface area is 129 Å². The summed E-state index contributed by atoms with van der Waals surface area (Å²) in [5.74, 6) is 0.354. The third-order valence-electron chi connectivity index (χ3n) is 4.69. The first-order valence-electron chi connectivity index (χ1n) is 7.93. The molecule has 0 saturated heterocycles. The molecule has 1 aliphatic carbocycles. The molecule has 1 N–H and O–H groups in total. The largest absolute Gasteiger partial charge is 0.351 e. The Kier molecular flexibility index (Phi) is 4.00. The van der Waals surface area contributed by atoms with Gasteiger partial charge >= 0.3 is 0 Å². The van der Waals surface area contributed by atoms with Gasteiger partial charge in [-0.15, -0.1) is 0 Å². The zero-order valence-corrected chi connectivity index (χ0v) is 13.0. The third-order valence-corrected chi connectivity index (χ3v) is 4.69. The first-order valence-corrected chi connectivity index (χ1v) is 7.93. The molecule has 6 nitrogen and oxygen atoms in total. The summed E-state index contributed by atoms with van der Waals surface area (Å²) in [6.45, 7) is 3.89. The molecule has 1 amide bonds. The highest BCUT2D eigenvalue weighted by atomic mass is 16.2. The number of carbonyl (C=O) groups excluding carboxylic acids is 1. The molecule has 1 aliphatic rings. The van der Waals surface area contributed by atoms with Crippen LogP contribution in [0.2, 0.25) is 0 Å². The van der Waals surface area contributed by atoms with Gasteiger partial charge in [-0.3, -0.25) is 9.59 Å².